The highest BCUT2D eigenvalue weighted by Crippen LogP contribution is 2.19. The first-order valence-corrected chi connectivity index (χ1v) is 7.79. The molecule has 120 valence electrons. The fourth-order valence-corrected chi connectivity index (χ4v) is 2.85. The Morgan fingerprint density at radius 3 is 2.64 bits per heavy atom. The number of quaternary nitrogens is 1. The first kappa shape index (κ1) is 16.3. The second-order valence-corrected chi connectivity index (χ2v) is 5.78. The van der Waals surface area contributed by atoms with E-state index in [2.05, 4.69) is 16.3 Å². The van der Waals surface area contributed by atoms with E-state index in [1.165, 1.54) is 37.9 Å². The molecule has 1 heterocycles. The SMILES string of the molecule is COc1ccc(/C(C)=N\[NH+]=C(N)N)cc1C[NH+]1CCCCC1. The summed E-state index contributed by atoms with van der Waals surface area (Å²) in [6, 6.07) is 6.15. The van der Waals surface area contributed by atoms with Gasteiger partial charge in [-0.25, -0.2) is 0 Å². The third kappa shape index (κ3) is 4.46. The van der Waals surface area contributed by atoms with Crippen LogP contribution in [-0.2, 0) is 6.54 Å². The maximum absolute atomic E-state index is 5.51. The Kier molecular flexibility index (Phi) is 5.77. The Hall–Kier alpha value is -2.08. The van der Waals surface area contributed by atoms with Gasteiger partial charge in [0.05, 0.1) is 25.9 Å². The van der Waals surface area contributed by atoms with Crippen molar-refractivity contribution in [2.24, 2.45) is 16.6 Å². The first-order valence-electron chi connectivity index (χ1n) is 7.79. The lowest BCUT2D eigenvalue weighted by Crippen LogP contribution is -3.11. The largest absolute Gasteiger partial charge is 0.496 e. The van der Waals surface area contributed by atoms with E-state index in [0.717, 1.165) is 23.6 Å². The second-order valence-electron chi connectivity index (χ2n) is 5.78. The van der Waals surface area contributed by atoms with Crippen LogP contribution < -0.4 is 26.2 Å². The van der Waals surface area contributed by atoms with Gasteiger partial charge in [0.2, 0.25) is 0 Å². The zero-order valence-corrected chi connectivity index (χ0v) is 13.5. The molecule has 2 rings (SSSR count). The van der Waals surface area contributed by atoms with E-state index in [0.29, 0.717) is 0 Å². The molecule has 0 spiro atoms. The van der Waals surface area contributed by atoms with Crippen molar-refractivity contribution in [3.63, 3.8) is 0 Å². The lowest BCUT2D eigenvalue weighted by Gasteiger charge is -2.24. The molecular formula is C16H27N5O+2. The van der Waals surface area contributed by atoms with Gasteiger partial charge in [0.25, 0.3) is 0 Å². The quantitative estimate of drug-likeness (QED) is 0.298. The van der Waals surface area contributed by atoms with Gasteiger partial charge >= 0.3 is 5.96 Å². The minimum Gasteiger partial charge on any atom is -0.496 e. The Morgan fingerprint density at radius 2 is 2.00 bits per heavy atom. The van der Waals surface area contributed by atoms with E-state index in [-0.39, 0.29) is 5.96 Å². The Morgan fingerprint density at radius 1 is 1.27 bits per heavy atom. The zero-order valence-electron chi connectivity index (χ0n) is 13.5. The summed E-state index contributed by atoms with van der Waals surface area (Å²) in [6.45, 7) is 5.39. The summed E-state index contributed by atoms with van der Waals surface area (Å²) < 4.78 is 5.51. The fourth-order valence-electron chi connectivity index (χ4n) is 2.85. The number of guanidine groups is 1. The highest BCUT2D eigenvalue weighted by molar-refractivity contribution is 5.98. The average molecular weight is 305 g/mol. The van der Waals surface area contributed by atoms with Crippen molar-refractivity contribution in [3.8, 4) is 5.75 Å². The molecule has 1 aliphatic heterocycles. The molecule has 1 aromatic carbocycles. The van der Waals surface area contributed by atoms with E-state index in [1.807, 2.05) is 19.1 Å². The van der Waals surface area contributed by atoms with Crippen molar-refractivity contribution in [2.45, 2.75) is 32.7 Å². The van der Waals surface area contributed by atoms with Gasteiger partial charge < -0.3 is 9.64 Å². The molecule has 0 aromatic heterocycles. The van der Waals surface area contributed by atoms with E-state index in [9.17, 15) is 0 Å². The van der Waals surface area contributed by atoms with Gasteiger partial charge in [-0.3, -0.25) is 11.5 Å². The summed E-state index contributed by atoms with van der Waals surface area (Å²) in [5.41, 5.74) is 13.8. The van der Waals surface area contributed by atoms with Crippen LogP contribution in [0.3, 0.4) is 0 Å². The molecule has 0 atom stereocenters. The number of hydrazone groups is 1. The van der Waals surface area contributed by atoms with Crippen LogP contribution in [0.4, 0.5) is 0 Å². The molecule has 1 aliphatic rings. The molecule has 1 fully saturated rings. The van der Waals surface area contributed by atoms with Gasteiger partial charge in [0, 0.05) is 5.56 Å². The number of nitrogens with one attached hydrogen (secondary N) is 2. The van der Waals surface area contributed by atoms with Crippen molar-refractivity contribution < 1.29 is 14.7 Å². The van der Waals surface area contributed by atoms with E-state index >= 15 is 0 Å². The predicted octanol–water partition coefficient (Wildman–Crippen LogP) is -1.66. The Bertz CT molecular complexity index is 558. The summed E-state index contributed by atoms with van der Waals surface area (Å²) in [6.07, 6.45) is 3.98. The third-order valence-electron chi connectivity index (χ3n) is 4.05. The molecular weight excluding hydrogens is 278 g/mol. The lowest BCUT2D eigenvalue weighted by atomic mass is 10.0. The maximum Gasteiger partial charge on any atom is 0.362 e. The number of benzene rings is 1. The first-order chi connectivity index (χ1) is 10.6. The highest BCUT2D eigenvalue weighted by atomic mass is 16.5. The number of nitrogens with zero attached hydrogens (tertiary/aromatic N) is 1. The second kappa shape index (κ2) is 7.79. The van der Waals surface area contributed by atoms with Crippen LogP contribution in [0.5, 0.6) is 5.75 Å². The van der Waals surface area contributed by atoms with Gasteiger partial charge in [0.1, 0.15) is 12.3 Å². The number of ether oxygens (including phenoxy) is 1. The van der Waals surface area contributed by atoms with Crippen LogP contribution >= 0.6 is 0 Å². The molecule has 6 heteroatoms. The molecule has 6 N–H and O–H groups in total. The lowest BCUT2D eigenvalue weighted by molar-refractivity contribution is -0.918. The molecule has 0 amide bonds. The number of hydrogen-bond acceptors (Lipinski definition) is 2. The van der Waals surface area contributed by atoms with Crippen molar-refractivity contribution in [2.75, 3.05) is 20.2 Å². The number of likely N-dealkylation sites (tertiary alicyclic amines) is 1. The number of methoxy groups -OCH3 is 1. The topological polar surface area (TPSA) is 92.0 Å². The molecule has 0 unspecified atom stereocenters. The summed E-state index contributed by atoms with van der Waals surface area (Å²) in [5.74, 6) is 1.03. The Labute approximate surface area is 131 Å². The van der Waals surface area contributed by atoms with Crippen LogP contribution in [-0.4, -0.2) is 31.9 Å². The minimum absolute atomic E-state index is 0.0887. The van der Waals surface area contributed by atoms with E-state index in [4.69, 9.17) is 16.2 Å². The van der Waals surface area contributed by atoms with Gasteiger partial charge in [-0.2, -0.15) is 5.10 Å². The van der Waals surface area contributed by atoms with Gasteiger partial charge in [-0.05, 0) is 49.9 Å². The van der Waals surface area contributed by atoms with Crippen LogP contribution in [0.15, 0.2) is 23.3 Å². The van der Waals surface area contributed by atoms with Gasteiger partial charge in [0.15, 0.2) is 0 Å². The number of hydrogen-bond donors (Lipinski definition) is 4. The molecule has 0 bridgehead atoms. The fraction of sp³-hybridized carbons (Fsp3) is 0.500. The van der Waals surface area contributed by atoms with Crippen LogP contribution in [0.2, 0.25) is 0 Å². The van der Waals surface area contributed by atoms with Crippen LogP contribution in [0, 0.1) is 0 Å². The van der Waals surface area contributed by atoms with Crippen molar-refractivity contribution >= 4 is 11.7 Å². The number of nitrogens with two attached hydrogens (primary N) is 2. The van der Waals surface area contributed by atoms with Gasteiger partial charge in [-0.15, -0.1) is 5.10 Å². The molecule has 1 aromatic rings. The van der Waals surface area contributed by atoms with Crippen LogP contribution in [0.25, 0.3) is 0 Å². The average Bonchev–Trinajstić information content (AvgIpc) is 2.53. The standard InChI is InChI=1S/C16H25N5O/c1-12(19-20-16(17)18)13-6-7-15(22-2)14(10-13)11-21-8-4-3-5-9-21/h6-7,10H,3-5,8-9,11H2,1-2H3,(H4,17,18,20)/p+2/b19-12-. The van der Waals surface area contributed by atoms with Crippen molar-refractivity contribution in [1.82, 2.24) is 0 Å². The van der Waals surface area contributed by atoms with E-state index in [1.54, 1.807) is 12.0 Å². The normalized spacial score (nSPS) is 16.4. The molecule has 0 aliphatic carbocycles. The molecule has 22 heavy (non-hydrogen) atoms. The van der Waals surface area contributed by atoms with Crippen LogP contribution in [0.1, 0.15) is 37.3 Å². The third-order valence-corrected chi connectivity index (χ3v) is 4.05. The summed E-state index contributed by atoms with van der Waals surface area (Å²) in [7, 11) is 1.72. The number of piperidine rings is 1. The summed E-state index contributed by atoms with van der Waals surface area (Å²) in [5, 5.41) is 6.77. The Balaban J connectivity index is 2.21. The molecule has 6 nitrogen and oxygen atoms in total. The molecule has 0 saturated carbocycles. The molecule has 0 radical (unpaired) electrons. The maximum atomic E-state index is 5.51. The predicted molar refractivity (Wildman–Crippen MR) is 87.8 cm³/mol. The smallest absolute Gasteiger partial charge is 0.362 e. The summed E-state index contributed by atoms with van der Waals surface area (Å²) in [4.78, 5) is 1.62. The zero-order chi connectivity index (χ0) is 15.9. The minimum atomic E-state index is 0.0887. The highest BCUT2D eigenvalue weighted by Gasteiger charge is 2.17. The summed E-state index contributed by atoms with van der Waals surface area (Å²) >= 11 is 0. The van der Waals surface area contributed by atoms with Crippen molar-refractivity contribution in [1.29, 1.82) is 0 Å². The monoisotopic (exact) mass is 305 g/mol. The molecule has 1 saturated heterocycles. The van der Waals surface area contributed by atoms with Gasteiger partial charge in [-0.1, -0.05) is 0 Å². The number of rotatable bonds is 5. The van der Waals surface area contributed by atoms with E-state index < -0.39 is 0 Å². The van der Waals surface area contributed by atoms with Crippen molar-refractivity contribution in [3.05, 3.63) is 29.3 Å².